The van der Waals surface area contributed by atoms with Crippen LogP contribution in [-0.4, -0.2) is 37.3 Å². The van der Waals surface area contributed by atoms with Gasteiger partial charge in [0.25, 0.3) is 0 Å². The number of likely N-dealkylation sites (tertiary alicyclic amines) is 1. The summed E-state index contributed by atoms with van der Waals surface area (Å²) >= 11 is 0. The summed E-state index contributed by atoms with van der Waals surface area (Å²) in [6.45, 7) is 5.54. The minimum Gasteiger partial charge on any atom is -0.494 e. The molecule has 1 fully saturated rings. The Morgan fingerprint density at radius 1 is 1.09 bits per heavy atom. The van der Waals surface area contributed by atoms with Crippen molar-refractivity contribution in [2.45, 2.75) is 51.1 Å². The Kier molecular flexibility index (Phi) is 6.75. The summed E-state index contributed by atoms with van der Waals surface area (Å²) < 4.78 is 44.3. The first kappa shape index (κ1) is 18.1. The molecule has 2 rings (SSSR count). The first-order chi connectivity index (χ1) is 11.0. The van der Waals surface area contributed by atoms with E-state index >= 15 is 0 Å². The van der Waals surface area contributed by atoms with Crippen LogP contribution in [0.2, 0.25) is 0 Å². The average molecular weight is 329 g/mol. The van der Waals surface area contributed by atoms with Gasteiger partial charge in [0, 0.05) is 6.54 Å². The zero-order valence-corrected chi connectivity index (χ0v) is 13.7. The summed E-state index contributed by atoms with van der Waals surface area (Å²) in [5.74, 6) is -0.750. The van der Waals surface area contributed by atoms with Crippen LogP contribution in [0.15, 0.2) is 24.3 Å². The van der Waals surface area contributed by atoms with Crippen LogP contribution in [0.25, 0.3) is 0 Å². The fourth-order valence-electron chi connectivity index (χ4n) is 3.11. The quantitative estimate of drug-likeness (QED) is 0.653. The van der Waals surface area contributed by atoms with Crippen LogP contribution < -0.4 is 4.74 Å². The molecular formula is C18H26F3NO. The van der Waals surface area contributed by atoms with Gasteiger partial charge >= 0.3 is 6.18 Å². The van der Waals surface area contributed by atoms with Crippen LogP contribution in [0.4, 0.5) is 13.2 Å². The molecule has 2 nitrogen and oxygen atoms in total. The van der Waals surface area contributed by atoms with Gasteiger partial charge in [0.05, 0.1) is 12.5 Å². The van der Waals surface area contributed by atoms with E-state index in [9.17, 15) is 13.2 Å². The Morgan fingerprint density at radius 3 is 2.30 bits per heavy atom. The van der Waals surface area contributed by atoms with Crippen molar-refractivity contribution in [3.63, 3.8) is 0 Å². The second-order valence-corrected chi connectivity index (χ2v) is 6.18. The Labute approximate surface area is 136 Å². The third-order valence-corrected chi connectivity index (χ3v) is 4.42. The molecule has 0 bridgehead atoms. The fraction of sp³-hybridized carbons (Fsp3) is 0.667. The molecule has 1 aromatic carbocycles. The lowest BCUT2D eigenvalue weighted by Gasteiger charge is -2.26. The summed E-state index contributed by atoms with van der Waals surface area (Å²) in [4.78, 5) is 2.45. The maximum atomic E-state index is 12.9. The van der Waals surface area contributed by atoms with Gasteiger partial charge in [-0.05, 0) is 56.5 Å². The van der Waals surface area contributed by atoms with Crippen molar-refractivity contribution in [1.29, 1.82) is 0 Å². The van der Waals surface area contributed by atoms with Gasteiger partial charge in [0.1, 0.15) is 5.75 Å². The van der Waals surface area contributed by atoms with Crippen molar-refractivity contribution < 1.29 is 17.9 Å². The lowest BCUT2D eigenvalue weighted by molar-refractivity contribution is -0.151. The predicted octanol–water partition coefficient (Wildman–Crippen LogP) is 5.00. The first-order valence-corrected chi connectivity index (χ1v) is 8.52. The van der Waals surface area contributed by atoms with Gasteiger partial charge in [-0.2, -0.15) is 13.2 Å². The van der Waals surface area contributed by atoms with E-state index in [1.807, 2.05) is 0 Å². The zero-order valence-electron chi connectivity index (χ0n) is 13.7. The average Bonchev–Trinajstić information content (AvgIpc) is 2.53. The van der Waals surface area contributed by atoms with Crippen molar-refractivity contribution in [2.75, 3.05) is 26.2 Å². The summed E-state index contributed by atoms with van der Waals surface area (Å²) in [5.41, 5.74) is 0.306. The summed E-state index contributed by atoms with van der Waals surface area (Å²) in [5, 5.41) is 0. The molecule has 1 saturated heterocycles. The van der Waals surface area contributed by atoms with E-state index in [1.165, 1.54) is 44.5 Å². The molecule has 1 atom stereocenters. The maximum absolute atomic E-state index is 12.9. The molecule has 0 aliphatic carbocycles. The number of piperidine rings is 1. The van der Waals surface area contributed by atoms with Crippen LogP contribution >= 0.6 is 0 Å². The molecule has 0 spiro atoms. The van der Waals surface area contributed by atoms with E-state index < -0.39 is 12.1 Å². The van der Waals surface area contributed by atoms with E-state index in [4.69, 9.17) is 4.74 Å². The van der Waals surface area contributed by atoms with Crippen LogP contribution in [0.5, 0.6) is 5.75 Å². The topological polar surface area (TPSA) is 12.5 Å². The second-order valence-electron chi connectivity index (χ2n) is 6.18. The number of halogens is 3. The highest BCUT2D eigenvalue weighted by Crippen LogP contribution is 2.37. The van der Waals surface area contributed by atoms with Gasteiger partial charge in [0.2, 0.25) is 0 Å². The van der Waals surface area contributed by atoms with Crippen LogP contribution in [-0.2, 0) is 0 Å². The van der Waals surface area contributed by atoms with Crippen molar-refractivity contribution in [3.8, 4) is 5.75 Å². The SMILES string of the molecule is CCC(c1ccc(OCCCN2CCCCC2)cc1)C(F)(F)F. The molecule has 0 aromatic heterocycles. The van der Waals surface area contributed by atoms with Crippen molar-refractivity contribution in [3.05, 3.63) is 29.8 Å². The Balaban J connectivity index is 1.76. The highest BCUT2D eigenvalue weighted by molar-refractivity contribution is 5.30. The lowest BCUT2D eigenvalue weighted by atomic mass is 9.96. The smallest absolute Gasteiger partial charge is 0.395 e. The maximum Gasteiger partial charge on any atom is 0.395 e. The molecule has 0 amide bonds. The summed E-state index contributed by atoms with van der Waals surface area (Å²) in [6.07, 6.45) is 0.698. The van der Waals surface area contributed by atoms with Crippen molar-refractivity contribution >= 4 is 0 Å². The van der Waals surface area contributed by atoms with Crippen LogP contribution in [0.1, 0.15) is 50.5 Å². The molecule has 23 heavy (non-hydrogen) atoms. The van der Waals surface area contributed by atoms with E-state index in [2.05, 4.69) is 4.90 Å². The number of ether oxygens (including phenoxy) is 1. The van der Waals surface area contributed by atoms with Gasteiger partial charge in [-0.15, -0.1) is 0 Å². The van der Waals surface area contributed by atoms with E-state index in [0.717, 1.165) is 13.0 Å². The van der Waals surface area contributed by atoms with Gasteiger partial charge in [-0.3, -0.25) is 0 Å². The molecule has 1 aromatic rings. The number of alkyl halides is 3. The molecule has 1 aliphatic heterocycles. The highest BCUT2D eigenvalue weighted by atomic mass is 19.4. The third-order valence-electron chi connectivity index (χ3n) is 4.42. The lowest BCUT2D eigenvalue weighted by Crippen LogP contribution is -2.31. The molecule has 5 heteroatoms. The Hall–Kier alpha value is -1.23. The van der Waals surface area contributed by atoms with Crippen molar-refractivity contribution in [1.82, 2.24) is 4.90 Å². The highest BCUT2D eigenvalue weighted by Gasteiger charge is 2.39. The monoisotopic (exact) mass is 329 g/mol. The molecule has 0 N–H and O–H groups in total. The molecular weight excluding hydrogens is 303 g/mol. The number of rotatable bonds is 7. The first-order valence-electron chi connectivity index (χ1n) is 8.52. The Bertz CT molecular complexity index is 452. The van der Waals surface area contributed by atoms with Gasteiger partial charge in [0.15, 0.2) is 0 Å². The normalized spacial score (nSPS) is 17.9. The molecule has 130 valence electrons. The van der Waals surface area contributed by atoms with Crippen molar-refractivity contribution in [2.24, 2.45) is 0 Å². The molecule has 0 radical (unpaired) electrons. The van der Waals surface area contributed by atoms with Crippen LogP contribution in [0, 0.1) is 0 Å². The minimum absolute atomic E-state index is 0.0551. The summed E-state index contributed by atoms with van der Waals surface area (Å²) in [6, 6.07) is 6.35. The summed E-state index contributed by atoms with van der Waals surface area (Å²) in [7, 11) is 0. The minimum atomic E-state index is -4.19. The van der Waals surface area contributed by atoms with Gasteiger partial charge in [-0.1, -0.05) is 25.5 Å². The van der Waals surface area contributed by atoms with Gasteiger partial charge in [-0.25, -0.2) is 0 Å². The predicted molar refractivity (Wildman–Crippen MR) is 85.9 cm³/mol. The number of benzene rings is 1. The largest absolute Gasteiger partial charge is 0.494 e. The fourth-order valence-corrected chi connectivity index (χ4v) is 3.11. The molecule has 1 unspecified atom stereocenters. The van der Waals surface area contributed by atoms with Gasteiger partial charge < -0.3 is 9.64 Å². The standard InChI is InChI=1S/C18H26F3NO/c1-2-17(18(19,20)21)15-7-9-16(10-8-15)23-14-6-13-22-11-4-3-5-12-22/h7-10,17H,2-6,11-14H2,1H3. The number of nitrogens with zero attached hydrogens (tertiary/aromatic N) is 1. The zero-order chi connectivity index (χ0) is 16.7. The third kappa shape index (κ3) is 5.72. The molecule has 1 aliphatic rings. The molecule has 1 heterocycles. The second kappa shape index (κ2) is 8.57. The van der Waals surface area contributed by atoms with E-state index in [1.54, 1.807) is 19.1 Å². The Morgan fingerprint density at radius 2 is 1.74 bits per heavy atom. The number of hydrogen-bond acceptors (Lipinski definition) is 2. The number of hydrogen-bond donors (Lipinski definition) is 0. The molecule has 0 saturated carbocycles. The van der Waals surface area contributed by atoms with Crippen LogP contribution in [0.3, 0.4) is 0 Å². The van der Waals surface area contributed by atoms with E-state index in [-0.39, 0.29) is 6.42 Å². The van der Waals surface area contributed by atoms with E-state index in [0.29, 0.717) is 17.9 Å².